The summed E-state index contributed by atoms with van der Waals surface area (Å²) in [6.45, 7) is 6.45. The topological polar surface area (TPSA) is 49.7 Å². The zero-order valence-electron chi connectivity index (χ0n) is 14.2. The highest BCUT2D eigenvalue weighted by atomic mass is 32.2. The summed E-state index contributed by atoms with van der Waals surface area (Å²) in [5, 5.41) is 21.2. The van der Waals surface area contributed by atoms with Crippen LogP contribution in [0.1, 0.15) is 45.6 Å². The molecule has 1 aromatic rings. The molecule has 2 aliphatic rings. The summed E-state index contributed by atoms with van der Waals surface area (Å²) in [5.41, 5.74) is -1.09. The molecule has 3 rings (SSSR count). The van der Waals surface area contributed by atoms with Crippen LogP contribution in [-0.2, 0) is 10.3 Å². The molecule has 0 bridgehead atoms. The molecular weight excluding hydrogens is 308 g/mol. The van der Waals surface area contributed by atoms with Crippen molar-refractivity contribution < 1.29 is 14.9 Å². The standard InChI is InChI=1S/C19H28O3S/c1-13-9-10-15-16(11-13)22-17(23-18(15,2)3)19(21,12-20)14-7-5-4-6-8-14/h4-8,13,15-17,20-21H,9-12H2,1-3H3/t13-,15-,16-,17-,19-/m1/s1. The van der Waals surface area contributed by atoms with Crippen LogP contribution in [0.4, 0.5) is 0 Å². The van der Waals surface area contributed by atoms with Crippen LogP contribution in [-0.4, -0.2) is 33.1 Å². The lowest BCUT2D eigenvalue weighted by atomic mass is 9.74. The van der Waals surface area contributed by atoms with Crippen molar-refractivity contribution in [1.82, 2.24) is 0 Å². The quantitative estimate of drug-likeness (QED) is 0.886. The molecule has 0 radical (unpaired) electrons. The van der Waals surface area contributed by atoms with Gasteiger partial charge in [-0.05, 0) is 30.2 Å². The third-order valence-electron chi connectivity index (χ3n) is 5.56. The van der Waals surface area contributed by atoms with Gasteiger partial charge in [0.2, 0.25) is 0 Å². The van der Waals surface area contributed by atoms with Crippen LogP contribution in [0, 0.1) is 11.8 Å². The summed E-state index contributed by atoms with van der Waals surface area (Å²) in [5.74, 6) is 1.17. The fourth-order valence-electron chi connectivity index (χ4n) is 4.06. The lowest BCUT2D eigenvalue weighted by Crippen LogP contribution is -2.55. The number of hydrogen-bond donors (Lipinski definition) is 2. The third kappa shape index (κ3) is 3.19. The number of ether oxygens (including phenoxy) is 1. The van der Waals surface area contributed by atoms with Crippen LogP contribution in [0.2, 0.25) is 0 Å². The van der Waals surface area contributed by atoms with E-state index in [1.54, 1.807) is 11.8 Å². The smallest absolute Gasteiger partial charge is 0.148 e. The van der Waals surface area contributed by atoms with E-state index in [1.165, 1.54) is 12.8 Å². The van der Waals surface area contributed by atoms with Crippen molar-refractivity contribution in [1.29, 1.82) is 0 Å². The fraction of sp³-hybridized carbons (Fsp3) is 0.684. The Morgan fingerprint density at radius 3 is 2.61 bits per heavy atom. The molecule has 1 saturated carbocycles. The summed E-state index contributed by atoms with van der Waals surface area (Å²) in [7, 11) is 0. The summed E-state index contributed by atoms with van der Waals surface area (Å²) in [6, 6.07) is 9.42. The maximum absolute atomic E-state index is 11.2. The average Bonchev–Trinajstić information content (AvgIpc) is 2.53. The van der Waals surface area contributed by atoms with Crippen molar-refractivity contribution in [2.75, 3.05) is 6.61 Å². The molecule has 23 heavy (non-hydrogen) atoms. The van der Waals surface area contributed by atoms with Gasteiger partial charge in [-0.1, -0.05) is 57.5 Å². The fourth-order valence-corrected chi connectivity index (χ4v) is 5.66. The minimum Gasteiger partial charge on any atom is -0.393 e. The molecule has 1 aliphatic heterocycles. The number of rotatable bonds is 3. The third-order valence-corrected chi connectivity index (χ3v) is 7.19. The van der Waals surface area contributed by atoms with Gasteiger partial charge in [-0.3, -0.25) is 0 Å². The van der Waals surface area contributed by atoms with Crippen LogP contribution in [0.5, 0.6) is 0 Å². The zero-order valence-corrected chi connectivity index (χ0v) is 15.1. The molecule has 128 valence electrons. The second-order valence-electron chi connectivity index (χ2n) is 7.70. The Bertz CT molecular complexity index is 533. The summed E-state index contributed by atoms with van der Waals surface area (Å²) < 4.78 is 6.39. The minimum absolute atomic E-state index is 0.0334. The highest BCUT2D eigenvalue weighted by Gasteiger charge is 2.52. The van der Waals surface area contributed by atoms with E-state index < -0.39 is 11.0 Å². The van der Waals surface area contributed by atoms with Crippen molar-refractivity contribution >= 4 is 11.8 Å². The molecule has 3 nitrogen and oxygen atoms in total. The number of aliphatic hydroxyl groups is 2. The molecular formula is C19H28O3S. The predicted octanol–water partition coefficient (Wildman–Crippen LogP) is 3.54. The lowest BCUT2D eigenvalue weighted by Gasteiger charge is -2.53. The second kappa shape index (κ2) is 6.40. The number of thioether (sulfide) groups is 1. The molecule has 1 saturated heterocycles. The number of fused-ring (bicyclic) bond motifs is 1. The Kier molecular flexibility index (Phi) is 4.81. The second-order valence-corrected chi connectivity index (χ2v) is 9.42. The molecule has 2 N–H and O–H groups in total. The Balaban J connectivity index is 1.90. The maximum atomic E-state index is 11.2. The molecule has 1 heterocycles. The first-order valence-corrected chi connectivity index (χ1v) is 9.47. The van der Waals surface area contributed by atoms with E-state index in [9.17, 15) is 10.2 Å². The first-order chi connectivity index (χ1) is 10.9. The molecule has 0 amide bonds. The van der Waals surface area contributed by atoms with Crippen LogP contribution in [0.15, 0.2) is 30.3 Å². The summed E-state index contributed by atoms with van der Waals surface area (Å²) in [6.07, 6.45) is 3.65. The lowest BCUT2D eigenvalue weighted by molar-refractivity contribution is -0.151. The van der Waals surface area contributed by atoms with Crippen molar-refractivity contribution in [3.63, 3.8) is 0 Å². The van der Waals surface area contributed by atoms with Gasteiger partial charge in [0, 0.05) is 4.75 Å². The van der Waals surface area contributed by atoms with Crippen LogP contribution >= 0.6 is 11.8 Å². The number of aliphatic hydroxyl groups excluding tert-OH is 1. The summed E-state index contributed by atoms with van der Waals surface area (Å²) in [4.78, 5) is 0. The van der Waals surface area contributed by atoms with E-state index in [0.29, 0.717) is 11.8 Å². The van der Waals surface area contributed by atoms with E-state index in [-0.39, 0.29) is 17.5 Å². The Labute approximate surface area is 143 Å². The Hall–Kier alpha value is -0.550. The van der Waals surface area contributed by atoms with Gasteiger partial charge in [-0.25, -0.2) is 0 Å². The van der Waals surface area contributed by atoms with Gasteiger partial charge in [-0.15, -0.1) is 11.8 Å². The number of hydrogen-bond acceptors (Lipinski definition) is 4. The van der Waals surface area contributed by atoms with Crippen LogP contribution < -0.4 is 0 Å². The van der Waals surface area contributed by atoms with Gasteiger partial charge < -0.3 is 14.9 Å². The molecule has 1 aliphatic carbocycles. The first kappa shape index (κ1) is 17.3. The molecule has 4 heteroatoms. The van der Waals surface area contributed by atoms with Gasteiger partial charge in [0.25, 0.3) is 0 Å². The highest BCUT2D eigenvalue weighted by molar-refractivity contribution is 8.01. The van der Waals surface area contributed by atoms with Crippen LogP contribution in [0.3, 0.4) is 0 Å². The maximum Gasteiger partial charge on any atom is 0.148 e. The molecule has 2 fully saturated rings. The van der Waals surface area contributed by atoms with Gasteiger partial charge in [0.05, 0.1) is 12.7 Å². The molecule has 1 aromatic carbocycles. The highest BCUT2D eigenvalue weighted by Crippen LogP contribution is 2.53. The SMILES string of the molecule is C[C@@H]1CC[C@@H]2[C@@H](C1)O[C@@H]([C@@](O)(CO)c1ccccc1)SC2(C)C. The molecule has 0 aromatic heterocycles. The van der Waals surface area contributed by atoms with E-state index >= 15 is 0 Å². The monoisotopic (exact) mass is 336 g/mol. The average molecular weight is 336 g/mol. The van der Waals surface area contributed by atoms with Crippen molar-refractivity contribution in [2.45, 2.75) is 61.9 Å². The largest absolute Gasteiger partial charge is 0.393 e. The van der Waals surface area contributed by atoms with E-state index in [4.69, 9.17) is 4.74 Å². The van der Waals surface area contributed by atoms with Gasteiger partial charge in [0.15, 0.2) is 0 Å². The Morgan fingerprint density at radius 2 is 1.96 bits per heavy atom. The van der Waals surface area contributed by atoms with Crippen molar-refractivity contribution in [3.05, 3.63) is 35.9 Å². The van der Waals surface area contributed by atoms with Gasteiger partial charge >= 0.3 is 0 Å². The van der Waals surface area contributed by atoms with E-state index in [2.05, 4.69) is 20.8 Å². The molecule has 5 atom stereocenters. The van der Waals surface area contributed by atoms with Crippen molar-refractivity contribution in [3.8, 4) is 0 Å². The normalized spacial score (nSPS) is 36.0. The first-order valence-electron chi connectivity index (χ1n) is 8.59. The van der Waals surface area contributed by atoms with Crippen molar-refractivity contribution in [2.24, 2.45) is 11.8 Å². The zero-order chi connectivity index (χ0) is 16.7. The van der Waals surface area contributed by atoms with Crippen LogP contribution in [0.25, 0.3) is 0 Å². The summed E-state index contributed by atoms with van der Waals surface area (Å²) >= 11 is 1.67. The minimum atomic E-state index is -1.37. The number of benzene rings is 1. The van der Waals surface area contributed by atoms with Gasteiger partial charge in [-0.2, -0.15) is 0 Å². The van der Waals surface area contributed by atoms with E-state index in [1.807, 2.05) is 30.3 Å². The molecule has 0 unspecified atom stereocenters. The van der Waals surface area contributed by atoms with E-state index in [0.717, 1.165) is 12.0 Å². The Morgan fingerprint density at radius 1 is 1.26 bits per heavy atom. The molecule has 0 spiro atoms. The van der Waals surface area contributed by atoms with Gasteiger partial charge in [0.1, 0.15) is 11.0 Å². The predicted molar refractivity (Wildman–Crippen MR) is 94.3 cm³/mol.